The molecule has 4 heterocycles. The lowest BCUT2D eigenvalue weighted by atomic mass is 10.1. The predicted molar refractivity (Wildman–Crippen MR) is 229 cm³/mol. The summed E-state index contributed by atoms with van der Waals surface area (Å²) in [6.45, 7) is 0. The van der Waals surface area contributed by atoms with E-state index in [1.807, 2.05) is 42.7 Å². The molecule has 0 saturated heterocycles. The van der Waals surface area contributed by atoms with Crippen LogP contribution in [-0.4, -0.2) is 50.9 Å². The highest BCUT2D eigenvalue weighted by Crippen LogP contribution is 2.60. The Labute approximate surface area is 344 Å². The van der Waals surface area contributed by atoms with E-state index in [0.29, 0.717) is 45.1 Å². The molecule has 0 radical (unpaired) electrons. The van der Waals surface area contributed by atoms with Crippen molar-refractivity contribution in [1.29, 1.82) is 0 Å². The minimum atomic E-state index is -3.39. The van der Waals surface area contributed by atoms with Crippen molar-refractivity contribution in [3.05, 3.63) is 117 Å². The zero-order valence-corrected chi connectivity index (χ0v) is 34.8. The first-order chi connectivity index (χ1) is 26.9. The van der Waals surface area contributed by atoms with Crippen LogP contribution in [0.2, 0.25) is 10.0 Å². The Balaban J connectivity index is 0.803. The molecule has 3 aliphatic carbocycles. The monoisotopic (exact) mass is 840 g/mol. The van der Waals surface area contributed by atoms with Gasteiger partial charge in [-0.2, -0.15) is 0 Å². The topological polar surface area (TPSA) is 92.7 Å². The average Bonchev–Trinajstić information content (AvgIpc) is 4.15. The number of halogens is 2. The van der Waals surface area contributed by atoms with Gasteiger partial charge in [-0.1, -0.05) is 23.2 Å². The van der Waals surface area contributed by atoms with E-state index in [0.717, 1.165) is 62.4 Å². The number of pyridine rings is 2. The predicted octanol–water partition coefficient (Wildman–Crippen LogP) is 11.6. The first kappa shape index (κ1) is 37.3. The number of aromatic nitrogens is 2. The van der Waals surface area contributed by atoms with Gasteiger partial charge < -0.3 is 4.74 Å². The van der Waals surface area contributed by atoms with E-state index in [1.165, 1.54) is 40.4 Å². The second-order valence-corrected chi connectivity index (χ2v) is 19.7. The lowest BCUT2D eigenvalue weighted by Crippen LogP contribution is -2.28. The summed E-state index contributed by atoms with van der Waals surface area (Å²) in [5.41, 5.74) is 9.67. The van der Waals surface area contributed by atoms with Crippen molar-refractivity contribution >= 4 is 73.4 Å². The molecule has 4 atom stereocenters. The van der Waals surface area contributed by atoms with Crippen LogP contribution < -0.4 is 9.21 Å². The van der Waals surface area contributed by atoms with Crippen molar-refractivity contribution in [3.63, 3.8) is 0 Å². The molecule has 8 nitrogen and oxygen atoms in total. The molecule has 9 rings (SSSR count). The summed E-state index contributed by atoms with van der Waals surface area (Å²) in [5, 5.41) is 5.33. The van der Waals surface area contributed by atoms with Crippen LogP contribution in [0, 0.1) is 11.8 Å². The fourth-order valence-corrected chi connectivity index (χ4v) is 10.5. The molecule has 286 valence electrons. The van der Waals surface area contributed by atoms with Gasteiger partial charge in [0.15, 0.2) is 0 Å². The highest BCUT2D eigenvalue weighted by atomic mass is 35.5. The summed E-state index contributed by atoms with van der Waals surface area (Å²) in [4.78, 5) is 26.1. The van der Waals surface area contributed by atoms with Crippen molar-refractivity contribution < 1.29 is 17.9 Å². The Morgan fingerprint density at radius 2 is 1.30 bits per heavy atom. The van der Waals surface area contributed by atoms with E-state index < -0.39 is 10.0 Å². The normalized spacial score (nSPS) is 20.1. The number of anilines is 2. The van der Waals surface area contributed by atoms with E-state index in [2.05, 4.69) is 46.1 Å². The highest BCUT2D eigenvalue weighted by Gasteiger charge is 2.56. The van der Waals surface area contributed by atoms with Gasteiger partial charge in [-0.15, -0.1) is 22.7 Å². The lowest BCUT2D eigenvalue weighted by molar-refractivity contribution is 0.140. The number of thiophene rings is 2. The Hall–Kier alpha value is -4.26. The maximum Gasteiger partial charge on any atom is 0.414 e. The zero-order valence-electron chi connectivity index (χ0n) is 30.9. The smallest absolute Gasteiger partial charge is 0.414 e. The number of carbonyl (C=O) groups is 1. The van der Waals surface area contributed by atoms with E-state index in [1.54, 1.807) is 41.9 Å². The average molecular weight is 842 g/mol. The van der Waals surface area contributed by atoms with E-state index >= 15 is 0 Å². The summed E-state index contributed by atoms with van der Waals surface area (Å²) < 4.78 is 31.2. The van der Waals surface area contributed by atoms with Gasteiger partial charge in [0.25, 0.3) is 0 Å². The van der Waals surface area contributed by atoms with Crippen molar-refractivity contribution in [2.75, 3.05) is 29.6 Å². The van der Waals surface area contributed by atoms with Crippen LogP contribution >= 0.6 is 45.9 Å². The number of benzene rings is 2. The number of amides is 1. The number of sulfonamides is 1. The fourth-order valence-electron chi connectivity index (χ4n) is 7.44. The summed E-state index contributed by atoms with van der Waals surface area (Å²) in [7, 11) is -0.157. The van der Waals surface area contributed by atoms with Crippen LogP contribution in [0.25, 0.3) is 43.1 Å². The second-order valence-electron chi connectivity index (χ2n) is 15.1. The van der Waals surface area contributed by atoms with Crippen LogP contribution in [0.15, 0.2) is 96.0 Å². The van der Waals surface area contributed by atoms with Crippen molar-refractivity contribution in [3.8, 4) is 43.1 Å². The molecule has 4 unspecified atom stereocenters. The third kappa shape index (κ3) is 7.59. The number of rotatable bonds is 11. The summed E-state index contributed by atoms with van der Waals surface area (Å²) >= 11 is 16.7. The van der Waals surface area contributed by atoms with Gasteiger partial charge in [-0.25, -0.2) is 13.2 Å². The largest absolute Gasteiger partial charge is 0.446 e. The lowest BCUT2D eigenvalue weighted by Gasteiger charge is -2.18. The third-order valence-electron chi connectivity index (χ3n) is 11.2. The van der Waals surface area contributed by atoms with Crippen LogP contribution in [0.4, 0.5) is 16.2 Å². The van der Waals surface area contributed by atoms with Gasteiger partial charge in [-0.05, 0) is 137 Å². The Kier molecular flexibility index (Phi) is 9.73. The Morgan fingerprint density at radius 1 is 0.732 bits per heavy atom. The number of carbonyl (C=O) groups excluding carboxylic acids is 1. The van der Waals surface area contributed by atoms with Crippen molar-refractivity contribution in [2.24, 2.45) is 11.8 Å². The minimum Gasteiger partial charge on any atom is -0.446 e. The first-order valence-electron chi connectivity index (χ1n) is 18.5. The van der Waals surface area contributed by atoms with E-state index in [-0.39, 0.29) is 12.2 Å². The van der Waals surface area contributed by atoms with Crippen LogP contribution in [0.5, 0.6) is 0 Å². The van der Waals surface area contributed by atoms with Gasteiger partial charge in [0, 0.05) is 82.2 Å². The molecule has 3 aliphatic rings. The first-order valence-corrected chi connectivity index (χ1v) is 22.9. The van der Waals surface area contributed by atoms with Crippen LogP contribution in [-0.2, 0) is 14.8 Å². The van der Waals surface area contributed by atoms with Crippen molar-refractivity contribution in [2.45, 2.75) is 43.6 Å². The highest BCUT2D eigenvalue weighted by molar-refractivity contribution is 7.92. The van der Waals surface area contributed by atoms with Gasteiger partial charge in [-0.3, -0.25) is 19.2 Å². The Bertz CT molecular complexity index is 2600. The maximum absolute atomic E-state index is 13.3. The molecule has 0 aliphatic heterocycles. The molecule has 56 heavy (non-hydrogen) atoms. The molecule has 0 N–H and O–H groups in total. The third-order valence-corrected chi connectivity index (χ3v) is 14.9. The summed E-state index contributed by atoms with van der Waals surface area (Å²) in [5.74, 6) is 1.68. The van der Waals surface area contributed by atoms with Gasteiger partial charge in [0.2, 0.25) is 10.0 Å². The number of ether oxygens (including phenoxy) is 1. The van der Waals surface area contributed by atoms with Gasteiger partial charge in [0.1, 0.15) is 6.10 Å². The molecule has 3 saturated carbocycles. The van der Waals surface area contributed by atoms with Gasteiger partial charge in [0.05, 0.1) is 22.0 Å². The molecular formula is C43H38Cl2N4O4S3. The second kappa shape index (κ2) is 14.6. The molecule has 3 fully saturated rings. The molecule has 4 aromatic heterocycles. The SMILES string of the molecule is CN(C(=O)OC1CC1C1CC1c1cc(-c2csc(-c3ccc(N(C)S(C)(=O)=O)cc3Cl)c2)ccn1)c1ccc(-c2cc(-c3ccnc(C4CC4)c3)cs2)c(Cl)c1. The maximum atomic E-state index is 13.3. The minimum absolute atomic E-state index is 0.108. The quantitative estimate of drug-likeness (QED) is 0.129. The molecule has 2 aromatic carbocycles. The molecular weight excluding hydrogens is 804 g/mol. The molecule has 6 aromatic rings. The fraction of sp³-hybridized carbons (Fsp3) is 0.279. The van der Waals surface area contributed by atoms with Gasteiger partial charge >= 0.3 is 6.09 Å². The Morgan fingerprint density at radius 3 is 1.89 bits per heavy atom. The van der Waals surface area contributed by atoms with Crippen LogP contribution in [0.3, 0.4) is 0 Å². The summed E-state index contributed by atoms with van der Waals surface area (Å²) in [6, 6.07) is 23.7. The number of hydrogen-bond donors (Lipinski definition) is 0. The number of nitrogens with zero attached hydrogens (tertiary/aromatic N) is 4. The van der Waals surface area contributed by atoms with Crippen LogP contribution in [0.1, 0.15) is 48.9 Å². The standard InChI is InChI=1S/C43H38Cl2N4O4S3/c1-48(29-6-8-31(36(44)18-29)41-16-27(22-54-41)25-10-12-46-38(14-25)24-4-5-24)43(50)53-40-21-35(40)33-20-34(33)39-15-26(11-13-47-39)28-17-42(55-23-28)32-9-7-30(19-37(32)45)49(2)56(3,51)52/h6-19,22-24,33-35,40H,4-5,20-21H2,1-3H3. The van der Waals surface area contributed by atoms with Crippen molar-refractivity contribution in [1.82, 2.24) is 9.97 Å². The zero-order chi connectivity index (χ0) is 38.9. The summed E-state index contributed by atoms with van der Waals surface area (Å²) in [6.07, 6.45) is 8.75. The van der Waals surface area contributed by atoms with E-state index in [9.17, 15) is 13.2 Å². The molecule has 13 heteroatoms. The molecule has 1 amide bonds. The molecule has 0 spiro atoms. The van der Waals surface area contributed by atoms with E-state index in [4.69, 9.17) is 32.9 Å². The molecule has 0 bridgehead atoms. The number of hydrogen-bond acceptors (Lipinski definition) is 8.